The van der Waals surface area contributed by atoms with Crippen molar-refractivity contribution < 1.29 is 0 Å². The highest BCUT2D eigenvalue weighted by Gasteiger charge is 1.96. The van der Waals surface area contributed by atoms with E-state index in [-0.39, 0.29) is 0 Å². The normalized spacial score (nSPS) is 10.1. The minimum Gasteiger partial charge on any atom is -0.365 e. The van der Waals surface area contributed by atoms with Gasteiger partial charge in [-0.25, -0.2) is 0 Å². The number of anilines is 1. The number of aryl methyl sites for hydroxylation is 1. The van der Waals surface area contributed by atoms with Crippen molar-refractivity contribution in [3.8, 4) is 0 Å². The first-order chi connectivity index (χ1) is 7.74. The van der Waals surface area contributed by atoms with Crippen LogP contribution in [0.1, 0.15) is 11.3 Å². The maximum Gasteiger partial charge on any atom is 0.148 e. The Kier molecular flexibility index (Phi) is 3.51. The molecule has 1 heterocycles. The average Bonchev–Trinajstić information content (AvgIpc) is 2.28. The van der Waals surface area contributed by atoms with Crippen molar-refractivity contribution in [1.82, 2.24) is 10.2 Å². The predicted molar refractivity (Wildman–Crippen MR) is 68.2 cm³/mol. The van der Waals surface area contributed by atoms with Crippen LogP contribution in [-0.2, 0) is 6.54 Å². The van der Waals surface area contributed by atoms with Crippen LogP contribution in [0, 0.1) is 6.92 Å². The highest BCUT2D eigenvalue weighted by molar-refractivity contribution is 9.10. The van der Waals surface area contributed by atoms with Gasteiger partial charge in [-0.2, -0.15) is 5.10 Å². The summed E-state index contributed by atoms with van der Waals surface area (Å²) in [6.45, 7) is 2.67. The van der Waals surface area contributed by atoms with E-state index in [0.29, 0.717) is 0 Å². The molecule has 0 saturated carbocycles. The number of hydrogen-bond acceptors (Lipinski definition) is 3. The maximum absolute atomic E-state index is 4.04. The quantitative estimate of drug-likeness (QED) is 0.937. The van der Waals surface area contributed by atoms with Gasteiger partial charge in [-0.05, 0) is 36.8 Å². The summed E-state index contributed by atoms with van der Waals surface area (Å²) >= 11 is 3.44. The summed E-state index contributed by atoms with van der Waals surface area (Å²) in [4.78, 5) is 0. The van der Waals surface area contributed by atoms with Crippen LogP contribution >= 0.6 is 15.9 Å². The largest absolute Gasteiger partial charge is 0.365 e. The zero-order valence-corrected chi connectivity index (χ0v) is 10.5. The van der Waals surface area contributed by atoms with Gasteiger partial charge in [-0.15, -0.1) is 5.10 Å². The van der Waals surface area contributed by atoms with E-state index in [1.165, 1.54) is 5.56 Å². The van der Waals surface area contributed by atoms with Gasteiger partial charge in [0.25, 0.3) is 0 Å². The third kappa shape index (κ3) is 3.03. The van der Waals surface area contributed by atoms with E-state index in [0.717, 1.165) is 22.5 Å². The van der Waals surface area contributed by atoms with E-state index in [1.807, 2.05) is 31.2 Å². The van der Waals surface area contributed by atoms with E-state index in [9.17, 15) is 0 Å². The predicted octanol–water partition coefficient (Wildman–Crippen LogP) is 3.16. The molecule has 1 aromatic carbocycles. The molecular weight excluding hydrogens is 266 g/mol. The Morgan fingerprint density at radius 1 is 1.19 bits per heavy atom. The topological polar surface area (TPSA) is 37.8 Å². The molecule has 82 valence electrons. The van der Waals surface area contributed by atoms with Crippen molar-refractivity contribution in [2.24, 2.45) is 0 Å². The Balaban J connectivity index is 1.99. The monoisotopic (exact) mass is 277 g/mol. The first-order valence-corrected chi connectivity index (χ1v) is 5.82. The van der Waals surface area contributed by atoms with Crippen LogP contribution in [0.15, 0.2) is 40.9 Å². The second-order valence-corrected chi connectivity index (χ2v) is 4.46. The summed E-state index contributed by atoms with van der Waals surface area (Å²) in [5.41, 5.74) is 2.13. The number of rotatable bonds is 3. The molecule has 0 amide bonds. The molecule has 0 aliphatic rings. The van der Waals surface area contributed by atoms with Crippen LogP contribution in [-0.4, -0.2) is 10.2 Å². The van der Waals surface area contributed by atoms with Crippen molar-refractivity contribution >= 4 is 21.7 Å². The lowest BCUT2D eigenvalue weighted by molar-refractivity contribution is 0.963. The van der Waals surface area contributed by atoms with Crippen LogP contribution in [0.4, 0.5) is 5.82 Å². The third-order valence-corrected chi connectivity index (χ3v) is 2.65. The molecule has 0 radical (unpaired) electrons. The molecule has 0 atom stereocenters. The number of benzene rings is 1. The Hall–Kier alpha value is -1.42. The fourth-order valence-corrected chi connectivity index (χ4v) is 1.78. The number of hydrogen-bond donors (Lipinski definition) is 1. The lowest BCUT2D eigenvalue weighted by Crippen LogP contribution is -2.02. The van der Waals surface area contributed by atoms with Crippen LogP contribution in [0.3, 0.4) is 0 Å². The Bertz CT molecular complexity index is 468. The van der Waals surface area contributed by atoms with E-state index >= 15 is 0 Å². The smallest absolute Gasteiger partial charge is 0.148 e. The SMILES string of the molecule is Cc1ccc(NCc2cccc(Br)c2)nn1. The van der Waals surface area contributed by atoms with Crippen molar-refractivity contribution in [3.05, 3.63) is 52.1 Å². The summed E-state index contributed by atoms with van der Waals surface area (Å²) in [5.74, 6) is 0.797. The molecule has 0 spiro atoms. The molecular formula is C12H12BrN3. The molecule has 0 saturated heterocycles. The molecule has 4 heteroatoms. The van der Waals surface area contributed by atoms with Crippen molar-refractivity contribution in [2.45, 2.75) is 13.5 Å². The van der Waals surface area contributed by atoms with Crippen LogP contribution < -0.4 is 5.32 Å². The summed E-state index contributed by atoms with van der Waals surface area (Å²) in [6, 6.07) is 12.0. The van der Waals surface area contributed by atoms with Crippen LogP contribution in [0.5, 0.6) is 0 Å². The lowest BCUT2D eigenvalue weighted by Gasteiger charge is -2.05. The number of nitrogens with zero attached hydrogens (tertiary/aromatic N) is 2. The maximum atomic E-state index is 4.04. The van der Waals surface area contributed by atoms with Gasteiger partial charge in [-0.3, -0.25) is 0 Å². The third-order valence-electron chi connectivity index (χ3n) is 2.16. The molecule has 1 N–H and O–H groups in total. The molecule has 0 fully saturated rings. The first-order valence-electron chi connectivity index (χ1n) is 5.03. The van der Waals surface area contributed by atoms with Gasteiger partial charge in [0, 0.05) is 11.0 Å². The molecule has 0 aliphatic carbocycles. The molecule has 3 nitrogen and oxygen atoms in total. The molecule has 16 heavy (non-hydrogen) atoms. The highest BCUT2D eigenvalue weighted by Crippen LogP contribution is 2.12. The fourth-order valence-electron chi connectivity index (χ4n) is 1.33. The van der Waals surface area contributed by atoms with Gasteiger partial charge in [-0.1, -0.05) is 28.1 Å². The minimum atomic E-state index is 0.747. The second-order valence-electron chi connectivity index (χ2n) is 3.54. The van der Waals surface area contributed by atoms with Crippen molar-refractivity contribution in [2.75, 3.05) is 5.32 Å². The van der Waals surface area contributed by atoms with E-state index in [4.69, 9.17) is 0 Å². The molecule has 0 unspecified atom stereocenters. The van der Waals surface area contributed by atoms with E-state index in [2.05, 4.69) is 43.6 Å². The molecule has 0 aliphatic heterocycles. The van der Waals surface area contributed by atoms with Crippen LogP contribution in [0.25, 0.3) is 0 Å². The number of nitrogens with one attached hydrogen (secondary N) is 1. The summed E-state index contributed by atoms with van der Waals surface area (Å²) < 4.78 is 1.08. The zero-order valence-electron chi connectivity index (χ0n) is 8.94. The van der Waals surface area contributed by atoms with Crippen LogP contribution in [0.2, 0.25) is 0 Å². The second kappa shape index (κ2) is 5.07. The Morgan fingerprint density at radius 2 is 2.06 bits per heavy atom. The highest BCUT2D eigenvalue weighted by atomic mass is 79.9. The average molecular weight is 278 g/mol. The molecule has 1 aromatic heterocycles. The summed E-state index contributed by atoms with van der Waals surface area (Å²) in [5, 5.41) is 11.3. The Labute approximate surface area is 103 Å². The summed E-state index contributed by atoms with van der Waals surface area (Å²) in [7, 11) is 0. The van der Waals surface area contributed by atoms with E-state index in [1.54, 1.807) is 0 Å². The van der Waals surface area contributed by atoms with E-state index < -0.39 is 0 Å². The number of aromatic nitrogens is 2. The molecule has 2 aromatic rings. The molecule has 2 rings (SSSR count). The van der Waals surface area contributed by atoms with Crippen molar-refractivity contribution in [1.29, 1.82) is 0 Å². The molecule has 0 bridgehead atoms. The van der Waals surface area contributed by atoms with Gasteiger partial charge in [0.05, 0.1) is 5.69 Å². The summed E-state index contributed by atoms with van der Waals surface area (Å²) in [6.07, 6.45) is 0. The van der Waals surface area contributed by atoms with Gasteiger partial charge in [0.2, 0.25) is 0 Å². The van der Waals surface area contributed by atoms with Gasteiger partial charge >= 0.3 is 0 Å². The fraction of sp³-hybridized carbons (Fsp3) is 0.167. The van der Waals surface area contributed by atoms with Gasteiger partial charge in [0.1, 0.15) is 5.82 Å². The first kappa shape index (κ1) is 11.1. The lowest BCUT2D eigenvalue weighted by atomic mass is 10.2. The van der Waals surface area contributed by atoms with Gasteiger partial charge in [0.15, 0.2) is 0 Å². The Morgan fingerprint density at radius 3 is 2.75 bits per heavy atom. The minimum absolute atomic E-state index is 0.747. The van der Waals surface area contributed by atoms with Gasteiger partial charge < -0.3 is 5.32 Å². The zero-order chi connectivity index (χ0) is 11.4. The number of halogens is 1. The van der Waals surface area contributed by atoms with Crippen molar-refractivity contribution in [3.63, 3.8) is 0 Å². The standard InChI is InChI=1S/C12H12BrN3/c1-9-5-6-12(16-15-9)14-8-10-3-2-4-11(13)7-10/h2-7H,8H2,1H3,(H,14,16).